The van der Waals surface area contributed by atoms with Crippen LogP contribution >= 0.6 is 7.82 Å². The van der Waals surface area contributed by atoms with Crippen molar-refractivity contribution in [1.82, 2.24) is 5.32 Å². The number of aliphatic hydroxyl groups is 6. The minimum absolute atomic E-state index is 0.243. The molecule has 0 aromatic rings. The van der Waals surface area contributed by atoms with Gasteiger partial charge in [-0.05, 0) is 12.8 Å². The monoisotopic (exact) mass is 894 g/mol. The van der Waals surface area contributed by atoms with Crippen molar-refractivity contribution in [2.24, 2.45) is 0 Å². The fourth-order valence-corrected chi connectivity index (χ4v) is 9.46. The number of carbonyl (C=O) groups excluding carboxylic acids is 1. The molecule has 6 unspecified atom stereocenters. The van der Waals surface area contributed by atoms with Crippen molar-refractivity contribution in [3.63, 3.8) is 0 Å². The normalized spacial score (nSPS) is 22.6. The molecule has 0 saturated heterocycles. The molecule has 1 amide bonds. The number of hydrogen-bond acceptors (Lipinski definition) is 10. The number of hydrogen-bond donors (Lipinski definition) is 8. The predicted molar refractivity (Wildman–Crippen MR) is 246 cm³/mol. The largest absolute Gasteiger partial charge is 0.472 e. The van der Waals surface area contributed by atoms with Gasteiger partial charge in [0.25, 0.3) is 0 Å². The highest BCUT2D eigenvalue weighted by molar-refractivity contribution is 7.47. The molecule has 1 aliphatic carbocycles. The Balaban J connectivity index is 2.37. The van der Waals surface area contributed by atoms with Crippen LogP contribution in [0.2, 0.25) is 0 Å². The SMILES string of the molecule is CCCCCCCCCCCCCCCCCCCCCCCC(=O)N[C@@H](COP(=O)(O)OC1C(O)C(O)C(O)[C@@H](O)C1O)[C@H](O)CCCCCCCCCCCCCCC. The summed E-state index contributed by atoms with van der Waals surface area (Å²) < 4.78 is 23.0. The summed E-state index contributed by atoms with van der Waals surface area (Å²) in [5, 5.41) is 64.2. The van der Waals surface area contributed by atoms with Gasteiger partial charge in [-0.2, -0.15) is 0 Å². The van der Waals surface area contributed by atoms with Crippen LogP contribution in [0.4, 0.5) is 0 Å². The van der Waals surface area contributed by atoms with Crippen molar-refractivity contribution in [2.75, 3.05) is 6.61 Å². The summed E-state index contributed by atoms with van der Waals surface area (Å²) in [5.74, 6) is -0.303. The van der Waals surface area contributed by atoms with Crippen molar-refractivity contribution in [2.45, 2.75) is 294 Å². The van der Waals surface area contributed by atoms with Gasteiger partial charge in [0.15, 0.2) is 0 Å². The van der Waals surface area contributed by atoms with Crippen molar-refractivity contribution in [3.8, 4) is 0 Å². The molecule has 0 aromatic carbocycles. The number of amides is 1. The van der Waals surface area contributed by atoms with Gasteiger partial charge >= 0.3 is 7.82 Å². The van der Waals surface area contributed by atoms with Crippen LogP contribution in [0.1, 0.15) is 245 Å². The van der Waals surface area contributed by atoms with Gasteiger partial charge in [-0.3, -0.25) is 13.8 Å². The van der Waals surface area contributed by atoms with E-state index < -0.39 is 63.2 Å². The highest BCUT2D eigenvalue weighted by atomic mass is 31.2. The minimum Gasteiger partial charge on any atom is -0.391 e. The number of carbonyl (C=O) groups is 1. The first-order chi connectivity index (χ1) is 29.4. The topological polar surface area (TPSA) is 206 Å². The molecule has 0 spiro atoms. The maximum atomic E-state index is 13.0. The van der Waals surface area contributed by atoms with Crippen LogP contribution in [-0.4, -0.2) is 96.8 Å². The lowest BCUT2D eigenvalue weighted by Crippen LogP contribution is -2.64. The number of unbranched alkanes of at least 4 members (excludes halogenated alkanes) is 32. The smallest absolute Gasteiger partial charge is 0.391 e. The van der Waals surface area contributed by atoms with E-state index in [1.165, 1.54) is 167 Å². The third kappa shape index (κ3) is 30.2. The van der Waals surface area contributed by atoms with Crippen LogP contribution in [0.3, 0.4) is 0 Å². The van der Waals surface area contributed by atoms with E-state index in [0.29, 0.717) is 19.3 Å². The molecule has 1 aliphatic rings. The number of nitrogens with one attached hydrogen (secondary N) is 1. The Hall–Kier alpha value is -0.660. The molecule has 0 heterocycles. The zero-order valence-electron chi connectivity index (χ0n) is 39.0. The van der Waals surface area contributed by atoms with Crippen LogP contribution in [-0.2, 0) is 18.4 Å². The van der Waals surface area contributed by atoms with Gasteiger partial charge in [0, 0.05) is 6.42 Å². The molecule has 8 N–H and O–H groups in total. The molecule has 61 heavy (non-hydrogen) atoms. The van der Waals surface area contributed by atoms with Gasteiger partial charge in [-0.1, -0.05) is 226 Å². The Bertz CT molecular complexity index is 1040. The second kappa shape index (κ2) is 38.6. The van der Waals surface area contributed by atoms with Gasteiger partial charge < -0.3 is 40.8 Å². The van der Waals surface area contributed by atoms with Gasteiger partial charge in [0.2, 0.25) is 5.91 Å². The second-order valence-electron chi connectivity index (χ2n) is 18.4. The molecule has 1 rings (SSSR count). The Morgan fingerprint density at radius 2 is 0.787 bits per heavy atom. The van der Waals surface area contributed by atoms with E-state index in [0.717, 1.165) is 38.5 Å². The van der Waals surface area contributed by atoms with Crippen molar-refractivity contribution >= 4 is 13.7 Å². The first-order valence-corrected chi connectivity index (χ1v) is 27.0. The number of phosphoric ester groups is 1. The lowest BCUT2D eigenvalue weighted by molar-refractivity contribution is -0.220. The molecule has 13 heteroatoms. The van der Waals surface area contributed by atoms with Gasteiger partial charge in [0.1, 0.15) is 36.6 Å². The Morgan fingerprint density at radius 1 is 0.492 bits per heavy atom. The van der Waals surface area contributed by atoms with Gasteiger partial charge in [-0.25, -0.2) is 4.57 Å². The Labute approximate surface area is 372 Å². The molecular formula is C48H96NO11P. The van der Waals surface area contributed by atoms with E-state index in [1.54, 1.807) is 0 Å². The average Bonchev–Trinajstić information content (AvgIpc) is 3.24. The fourth-order valence-electron chi connectivity index (χ4n) is 8.50. The summed E-state index contributed by atoms with van der Waals surface area (Å²) >= 11 is 0. The summed E-state index contributed by atoms with van der Waals surface area (Å²) in [6.07, 6.45) is 29.9. The molecular weight excluding hydrogens is 797 g/mol. The van der Waals surface area contributed by atoms with Gasteiger partial charge in [0.05, 0.1) is 18.8 Å². The third-order valence-electron chi connectivity index (χ3n) is 12.7. The molecule has 1 saturated carbocycles. The average molecular weight is 894 g/mol. The van der Waals surface area contributed by atoms with E-state index in [4.69, 9.17) is 9.05 Å². The van der Waals surface area contributed by atoms with E-state index in [-0.39, 0.29) is 12.3 Å². The van der Waals surface area contributed by atoms with E-state index >= 15 is 0 Å². The Kier molecular flexibility index (Phi) is 36.9. The van der Waals surface area contributed by atoms with Crippen LogP contribution in [0.5, 0.6) is 0 Å². The zero-order chi connectivity index (χ0) is 45.0. The number of phosphoric acid groups is 1. The second-order valence-corrected chi connectivity index (χ2v) is 19.8. The standard InChI is InChI=1S/C48H96NO11P/c1-3-5-7-9-11-13-15-17-18-19-20-21-22-23-24-26-28-30-32-34-36-38-42(51)49-40(41(50)37-35-33-31-29-27-25-16-14-12-10-8-6-4-2)39-59-61(57,58)60-48-46(55)44(53)43(52)45(54)47(48)56/h40-41,43-48,50,52-56H,3-39H2,1-2H3,(H,49,51)(H,57,58)/t40-,41+,43?,44+,45?,46?,47?,48?/m0/s1. The maximum Gasteiger partial charge on any atom is 0.472 e. The zero-order valence-corrected chi connectivity index (χ0v) is 39.9. The third-order valence-corrected chi connectivity index (χ3v) is 13.7. The van der Waals surface area contributed by atoms with Crippen LogP contribution < -0.4 is 5.32 Å². The lowest BCUT2D eigenvalue weighted by Gasteiger charge is -2.41. The van der Waals surface area contributed by atoms with Gasteiger partial charge in [-0.15, -0.1) is 0 Å². The fraction of sp³-hybridized carbons (Fsp3) is 0.979. The molecule has 364 valence electrons. The summed E-state index contributed by atoms with van der Waals surface area (Å²) in [6.45, 7) is 3.91. The van der Waals surface area contributed by atoms with E-state index in [9.17, 15) is 44.9 Å². The number of aliphatic hydroxyl groups excluding tert-OH is 6. The van der Waals surface area contributed by atoms with Crippen LogP contribution in [0.25, 0.3) is 0 Å². The van der Waals surface area contributed by atoms with E-state index in [1.807, 2.05) is 0 Å². The molecule has 0 aromatic heterocycles. The Morgan fingerprint density at radius 3 is 1.13 bits per heavy atom. The quantitative estimate of drug-likeness (QED) is 0.0214. The molecule has 0 bridgehead atoms. The highest BCUT2D eigenvalue weighted by Gasteiger charge is 2.51. The lowest BCUT2D eigenvalue weighted by atomic mass is 9.85. The first kappa shape index (κ1) is 58.4. The summed E-state index contributed by atoms with van der Waals surface area (Å²) in [5.41, 5.74) is 0. The first-order valence-electron chi connectivity index (χ1n) is 25.5. The maximum absolute atomic E-state index is 13.0. The summed E-state index contributed by atoms with van der Waals surface area (Å²) in [7, 11) is -5.05. The molecule has 12 nitrogen and oxygen atoms in total. The van der Waals surface area contributed by atoms with Crippen molar-refractivity contribution < 1.29 is 53.9 Å². The number of rotatable bonds is 43. The van der Waals surface area contributed by atoms with Crippen LogP contribution in [0.15, 0.2) is 0 Å². The highest BCUT2D eigenvalue weighted by Crippen LogP contribution is 2.47. The summed E-state index contributed by atoms with van der Waals surface area (Å²) in [6, 6.07) is -1.02. The van der Waals surface area contributed by atoms with E-state index in [2.05, 4.69) is 19.2 Å². The van der Waals surface area contributed by atoms with Crippen molar-refractivity contribution in [1.29, 1.82) is 0 Å². The minimum atomic E-state index is -5.05. The molecule has 0 radical (unpaired) electrons. The van der Waals surface area contributed by atoms with Crippen molar-refractivity contribution in [3.05, 3.63) is 0 Å². The summed E-state index contributed by atoms with van der Waals surface area (Å²) in [4.78, 5) is 23.5. The molecule has 0 aliphatic heterocycles. The molecule has 9 atom stereocenters. The predicted octanol–water partition coefficient (Wildman–Crippen LogP) is 10.2. The van der Waals surface area contributed by atoms with Crippen LogP contribution in [0, 0.1) is 0 Å². The molecule has 1 fully saturated rings.